The molecule has 0 fully saturated rings. The number of Topliss-reactive ketones (excluding diaryl/α,β-unsaturated/α-hetero) is 1. The molecule has 1 aliphatic rings. The molecule has 1 aliphatic carbocycles. The second-order valence-electron chi connectivity index (χ2n) is 8.03. The third-order valence-corrected chi connectivity index (χ3v) is 6.70. The Kier molecular flexibility index (Phi) is 5.16. The maximum absolute atomic E-state index is 12.5. The third kappa shape index (κ3) is 3.42. The largest absolute Gasteiger partial charge is 0.294 e. The molecule has 0 atom stereocenters. The van der Waals surface area contributed by atoms with Crippen LogP contribution in [0.15, 0.2) is 76.5 Å². The van der Waals surface area contributed by atoms with Gasteiger partial charge in [-0.15, -0.1) is 0 Å². The van der Waals surface area contributed by atoms with Gasteiger partial charge in [0, 0.05) is 27.2 Å². The highest BCUT2D eigenvalue weighted by Crippen LogP contribution is 2.50. The molecule has 0 N–H and O–H groups in total. The fraction of sp³-hybridized carbons (Fsp3) is 0.269. The van der Waals surface area contributed by atoms with Crippen molar-refractivity contribution in [1.29, 1.82) is 0 Å². The summed E-state index contributed by atoms with van der Waals surface area (Å²) in [5.74, 6) is 0.261. The molecule has 3 aromatic carbocycles. The molecule has 0 unspecified atom stereocenters. The van der Waals surface area contributed by atoms with Crippen molar-refractivity contribution in [2.75, 3.05) is 0 Å². The Bertz CT molecular complexity index is 1020. The van der Waals surface area contributed by atoms with Crippen LogP contribution < -0.4 is 0 Å². The van der Waals surface area contributed by atoms with E-state index < -0.39 is 0 Å². The molecule has 28 heavy (non-hydrogen) atoms. The number of unbranched alkanes of at least 4 members (excludes halogenated alkanes) is 1. The Morgan fingerprint density at radius 3 is 2.25 bits per heavy atom. The minimum Gasteiger partial charge on any atom is -0.294 e. The summed E-state index contributed by atoms with van der Waals surface area (Å²) < 4.78 is 0. The average Bonchev–Trinajstić information content (AvgIpc) is 2.93. The van der Waals surface area contributed by atoms with Crippen molar-refractivity contribution in [1.82, 2.24) is 0 Å². The van der Waals surface area contributed by atoms with Gasteiger partial charge in [0.2, 0.25) is 0 Å². The SMILES string of the molecule is CCCCC(=O)c1ccc2c(c1)C(C)(C)c1cc(Sc3ccccc3)ccc1-2. The van der Waals surface area contributed by atoms with Crippen LogP contribution >= 0.6 is 11.8 Å². The van der Waals surface area contributed by atoms with Crippen LogP contribution in [-0.4, -0.2) is 5.78 Å². The van der Waals surface area contributed by atoms with Gasteiger partial charge in [-0.3, -0.25) is 4.79 Å². The summed E-state index contributed by atoms with van der Waals surface area (Å²) in [7, 11) is 0. The number of carbonyl (C=O) groups excluding carboxylic acids is 1. The highest BCUT2D eigenvalue weighted by molar-refractivity contribution is 7.99. The number of fused-ring (bicyclic) bond motifs is 3. The summed E-state index contributed by atoms with van der Waals surface area (Å²) in [5, 5.41) is 0. The van der Waals surface area contributed by atoms with Crippen molar-refractivity contribution in [2.45, 2.75) is 55.2 Å². The van der Waals surface area contributed by atoms with E-state index in [0.29, 0.717) is 6.42 Å². The van der Waals surface area contributed by atoms with Gasteiger partial charge in [0.1, 0.15) is 0 Å². The van der Waals surface area contributed by atoms with Gasteiger partial charge in [-0.2, -0.15) is 0 Å². The molecular weight excluding hydrogens is 360 g/mol. The van der Waals surface area contributed by atoms with E-state index in [1.54, 1.807) is 11.8 Å². The Morgan fingerprint density at radius 1 is 0.857 bits per heavy atom. The van der Waals surface area contributed by atoms with Crippen molar-refractivity contribution < 1.29 is 4.79 Å². The summed E-state index contributed by atoms with van der Waals surface area (Å²) in [6, 6.07) is 23.6. The van der Waals surface area contributed by atoms with Gasteiger partial charge in [0.05, 0.1) is 0 Å². The predicted molar refractivity (Wildman–Crippen MR) is 118 cm³/mol. The van der Waals surface area contributed by atoms with E-state index in [1.165, 1.54) is 32.0 Å². The van der Waals surface area contributed by atoms with E-state index >= 15 is 0 Å². The van der Waals surface area contributed by atoms with Crippen LogP contribution in [0.1, 0.15) is 61.5 Å². The standard InChI is InChI=1S/C26H26OS/c1-4-5-11-25(27)18-12-14-21-22-15-13-20(28-19-9-7-6-8-10-19)17-24(22)26(2,3)23(21)16-18/h6-10,12-17H,4-5,11H2,1-3H3. The number of rotatable bonds is 6. The predicted octanol–water partition coefficient (Wildman–Crippen LogP) is 7.52. The first-order valence-corrected chi connectivity index (χ1v) is 10.9. The molecule has 142 valence electrons. The van der Waals surface area contributed by atoms with E-state index in [-0.39, 0.29) is 11.2 Å². The Morgan fingerprint density at radius 2 is 1.54 bits per heavy atom. The summed E-state index contributed by atoms with van der Waals surface area (Å²) in [4.78, 5) is 15.0. The topological polar surface area (TPSA) is 17.1 Å². The summed E-state index contributed by atoms with van der Waals surface area (Å²) in [6.07, 6.45) is 2.65. The van der Waals surface area contributed by atoms with Crippen LogP contribution in [0.4, 0.5) is 0 Å². The quantitative estimate of drug-likeness (QED) is 0.408. The zero-order valence-electron chi connectivity index (χ0n) is 16.8. The minimum atomic E-state index is -0.0982. The molecule has 1 nitrogen and oxygen atoms in total. The lowest BCUT2D eigenvalue weighted by atomic mass is 9.81. The third-order valence-electron chi connectivity index (χ3n) is 5.71. The van der Waals surface area contributed by atoms with Gasteiger partial charge in [0.15, 0.2) is 5.78 Å². The van der Waals surface area contributed by atoms with Crippen LogP contribution in [0.25, 0.3) is 11.1 Å². The van der Waals surface area contributed by atoms with Gasteiger partial charge in [0.25, 0.3) is 0 Å². The van der Waals surface area contributed by atoms with Crippen LogP contribution in [0.3, 0.4) is 0 Å². The van der Waals surface area contributed by atoms with Crippen LogP contribution in [0, 0.1) is 0 Å². The molecule has 3 aromatic rings. The maximum atomic E-state index is 12.5. The molecule has 0 saturated heterocycles. The normalized spacial score (nSPS) is 13.8. The molecule has 0 saturated carbocycles. The second kappa shape index (κ2) is 7.60. The molecular formula is C26H26OS. The molecule has 4 rings (SSSR count). The van der Waals surface area contributed by atoms with Gasteiger partial charge in [-0.05, 0) is 59.0 Å². The monoisotopic (exact) mass is 386 g/mol. The molecule has 0 spiro atoms. The first-order chi connectivity index (χ1) is 13.5. The van der Waals surface area contributed by atoms with E-state index in [0.717, 1.165) is 18.4 Å². The highest BCUT2D eigenvalue weighted by Gasteiger charge is 2.36. The molecule has 0 radical (unpaired) electrons. The van der Waals surface area contributed by atoms with Gasteiger partial charge in [-0.1, -0.05) is 75.4 Å². The summed E-state index contributed by atoms with van der Waals surface area (Å²) in [6.45, 7) is 6.67. The van der Waals surface area contributed by atoms with E-state index in [9.17, 15) is 4.79 Å². The molecule has 0 amide bonds. The lowest BCUT2D eigenvalue weighted by molar-refractivity contribution is 0.0979. The van der Waals surface area contributed by atoms with Crippen molar-refractivity contribution in [2.24, 2.45) is 0 Å². The highest BCUT2D eigenvalue weighted by atomic mass is 32.2. The number of carbonyl (C=O) groups is 1. The van der Waals surface area contributed by atoms with Gasteiger partial charge in [-0.25, -0.2) is 0 Å². The van der Waals surface area contributed by atoms with Crippen molar-refractivity contribution in [3.05, 3.63) is 83.4 Å². The molecule has 0 aromatic heterocycles. The summed E-state index contributed by atoms with van der Waals surface area (Å²) in [5.41, 5.74) is 5.94. The smallest absolute Gasteiger partial charge is 0.162 e. The number of hydrogen-bond acceptors (Lipinski definition) is 2. The molecule has 0 heterocycles. The van der Waals surface area contributed by atoms with Crippen LogP contribution in [-0.2, 0) is 5.41 Å². The zero-order chi connectivity index (χ0) is 19.7. The van der Waals surface area contributed by atoms with Crippen molar-refractivity contribution in [3.63, 3.8) is 0 Å². The fourth-order valence-electron chi connectivity index (χ4n) is 4.06. The Hall–Kier alpha value is -2.32. The lowest BCUT2D eigenvalue weighted by Gasteiger charge is -2.22. The first-order valence-electron chi connectivity index (χ1n) is 10.1. The zero-order valence-corrected chi connectivity index (χ0v) is 17.6. The maximum Gasteiger partial charge on any atom is 0.162 e. The van der Waals surface area contributed by atoms with Gasteiger partial charge < -0.3 is 0 Å². The average molecular weight is 387 g/mol. The van der Waals surface area contributed by atoms with E-state index in [2.05, 4.69) is 75.4 Å². The minimum absolute atomic E-state index is 0.0982. The fourth-order valence-corrected chi connectivity index (χ4v) is 4.94. The van der Waals surface area contributed by atoms with Crippen LogP contribution in [0.2, 0.25) is 0 Å². The van der Waals surface area contributed by atoms with E-state index in [1.807, 2.05) is 12.1 Å². The van der Waals surface area contributed by atoms with Crippen molar-refractivity contribution >= 4 is 17.5 Å². The first kappa shape index (κ1) is 19.0. The Labute approximate surface area is 172 Å². The van der Waals surface area contributed by atoms with E-state index in [4.69, 9.17) is 0 Å². The molecule has 0 bridgehead atoms. The second-order valence-corrected chi connectivity index (χ2v) is 9.18. The molecule has 2 heteroatoms. The lowest BCUT2D eigenvalue weighted by Crippen LogP contribution is -2.16. The molecule has 0 aliphatic heterocycles. The van der Waals surface area contributed by atoms with Gasteiger partial charge >= 0.3 is 0 Å². The Balaban J connectivity index is 1.69. The number of ketones is 1. The van der Waals surface area contributed by atoms with Crippen molar-refractivity contribution in [3.8, 4) is 11.1 Å². The summed E-state index contributed by atoms with van der Waals surface area (Å²) >= 11 is 1.80. The van der Waals surface area contributed by atoms with Crippen LogP contribution in [0.5, 0.6) is 0 Å². The number of hydrogen-bond donors (Lipinski definition) is 0. The number of benzene rings is 3.